The Balaban J connectivity index is 0.594. The van der Waals surface area contributed by atoms with Gasteiger partial charge >= 0.3 is 5.97 Å². The van der Waals surface area contributed by atoms with Crippen LogP contribution in [0.4, 0.5) is 17.1 Å². The van der Waals surface area contributed by atoms with Gasteiger partial charge in [-0.1, -0.05) is 69.0 Å². The van der Waals surface area contributed by atoms with Gasteiger partial charge in [0.2, 0.25) is 17.7 Å². The summed E-state index contributed by atoms with van der Waals surface area (Å²) < 4.78 is 26.2. The normalized spacial score (nSPS) is 15.5. The number of benzene rings is 5. The molecule has 0 unspecified atom stereocenters. The highest BCUT2D eigenvalue weighted by Gasteiger charge is 2.54. The molecule has 3 heterocycles. The predicted octanol–water partition coefficient (Wildman–Crippen LogP) is 12.0. The standard InChI is InChI=1S/C70H86N6O10/c1-7-48-19-17-21-55(41-48)75(8-2)67(80)47-76-60-22-14-13-20-51(60)44-61(76)63(78)42-49-24-26-50(27-25-49)68(81)72-36-16-12-10-9-11-15-35-71-66(79)34-38-84-40-39-83-37-18-23-62(77)52-28-31-56-59(43-52)70(86-69(56)82)57-32-29-53(73(3)4)45-64(57)85-65-46-54(74(5)6)30-33-58(65)70/h13-14,17,19-22,28-33,41,43-46,49-50H,7-12,15-16,18,23-27,34-40,42,47H2,1-6H3,(H,71,79)(H,72,81). The van der Waals surface area contributed by atoms with Crippen LogP contribution in [0.3, 0.4) is 0 Å². The van der Waals surface area contributed by atoms with Crippen LogP contribution in [0.15, 0.2) is 109 Å². The number of unbranched alkanes of at least 4 members (excludes halogenated alkanes) is 5. The Kier molecular flexibility index (Phi) is 21.5. The van der Waals surface area contributed by atoms with Crippen molar-refractivity contribution in [2.45, 2.75) is 122 Å². The number of amides is 3. The van der Waals surface area contributed by atoms with Gasteiger partial charge < -0.3 is 48.8 Å². The van der Waals surface area contributed by atoms with Crippen molar-refractivity contribution in [3.05, 3.63) is 148 Å². The molecule has 16 nitrogen and oxygen atoms in total. The van der Waals surface area contributed by atoms with E-state index in [1.807, 2.05) is 128 Å². The van der Waals surface area contributed by atoms with E-state index in [0.717, 1.165) is 98.6 Å². The summed E-state index contributed by atoms with van der Waals surface area (Å²) in [4.78, 5) is 86.3. The molecule has 9 rings (SSSR count). The van der Waals surface area contributed by atoms with Crippen LogP contribution in [0.2, 0.25) is 0 Å². The van der Waals surface area contributed by atoms with Gasteiger partial charge in [-0.3, -0.25) is 24.0 Å². The van der Waals surface area contributed by atoms with Gasteiger partial charge in [-0.2, -0.15) is 0 Å². The molecular weight excluding hydrogens is 1080 g/mol. The largest absolute Gasteiger partial charge is 0.456 e. The van der Waals surface area contributed by atoms with E-state index in [-0.39, 0.29) is 60.5 Å². The minimum atomic E-state index is -1.30. The van der Waals surface area contributed by atoms with Crippen LogP contribution in [-0.2, 0) is 47.2 Å². The number of aromatic nitrogens is 1. The summed E-state index contributed by atoms with van der Waals surface area (Å²) in [5.41, 5.74) is 6.94. The summed E-state index contributed by atoms with van der Waals surface area (Å²) in [5.74, 6) is 0.840. The number of hydrogen-bond acceptors (Lipinski definition) is 12. The topological polar surface area (TPSA) is 178 Å². The molecule has 0 atom stereocenters. The first kappa shape index (κ1) is 62.7. The third-order valence-corrected chi connectivity index (χ3v) is 17.2. The van der Waals surface area contributed by atoms with Crippen LogP contribution in [0.25, 0.3) is 10.9 Å². The number of ketones is 2. The number of Topliss-reactive ketones (excluding diaryl/α,β-unsaturated/α-hetero) is 2. The van der Waals surface area contributed by atoms with Gasteiger partial charge in [-0.25, -0.2) is 4.79 Å². The molecule has 1 aliphatic carbocycles. The lowest BCUT2D eigenvalue weighted by molar-refractivity contribution is -0.126. The minimum absolute atomic E-state index is 0.0339. The SMILES string of the molecule is CCc1cccc(N(CC)C(=O)Cn2c(C(=O)CC3CCC(C(=O)NCCCCCCCCNC(=O)CCOCCOCCCC(=O)c4ccc5c(c4)C4(OC5=O)c5ccc(N(C)C)cc5Oc5cc(N(C)C)ccc54)CC3)cc3ccccc32)c1. The van der Waals surface area contributed by atoms with Gasteiger partial charge in [0.15, 0.2) is 17.2 Å². The highest BCUT2D eigenvalue weighted by molar-refractivity contribution is 6.03. The third-order valence-electron chi connectivity index (χ3n) is 17.2. The molecule has 3 amide bonds. The second-order valence-electron chi connectivity index (χ2n) is 23.5. The van der Waals surface area contributed by atoms with Crippen molar-refractivity contribution in [2.24, 2.45) is 11.8 Å². The number of likely N-dealkylation sites (N-methyl/N-ethyl adjacent to an activating group) is 1. The molecule has 2 aliphatic heterocycles. The van der Waals surface area contributed by atoms with E-state index < -0.39 is 11.6 Å². The second-order valence-corrected chi connectivity index (χ2v) is 23.5. The van der Waals surface area contributed by atoms with E-state index >= 15 is 0 Å². The first-order valence-corrected chi connectivity index (χ1v) is 31.1. The molecule has 2 N–H and O–H groups in total. The van der Waals surface area contributed by atoms with Crippen LogP contribution in [0, 0.1) is 11.8 Å². The number of anilines is 3. The van der Waals surface area contributed by atoms with Gasteiger partial charge in [-0.05, 0) is 130 Å². The van der Waals surface area contributed by atoms with Crippen molar-refractivity contribution in [3.63, 3.8) is 0 Å². The van der Waals surface area contributed by atoms with Gasteiger partial charge in [0, 0.05) is 142 Å². The monoisotopic (exact) mass is 1170 g/mol. The van der Waals surface area contributed by atoms with Gasteiger partial charge in [-0.15, -0.1) is 0 Å². The third kappa shape index (κ3) is 14.9. The molecule has 6 aromatic rings. The van der Waals surface area contributed by atoms with E-state index in [1.165, 1.54) is 5.56 Å². The fraction of sp³-hybridized carbons (Fsp3) is 0.457. The smallest absolute Gasteiger partial charge is 0.340 e. The fourth-order valence-electron chi connectivity index (χ4n) is 12.3. The highest BCUT2D eigenvalue weighted by atomic mass is 16.6. The first-order valence-electron chi connectivity index (χ1n) is 31.1. The summed E-state index contributed by atoms with van der Waals surface area (Å²) in [7, 11) is 7.82. The molecule has 1 aromatic heterocycles. The maximum absolute atomic E-state index is 14.0. The molecule has 3 aliphatic rings. The number of carbonyl (C=O) groups excluding carboxylic acids is 6. The lowest BCUT2D eigenvalue weighted by Crippen LogP contribution is -2.35. The summed E-state index contributed by atoms with van der Waals surface area (Å²) in [6.07, 6.45) is 11.5. The lowest BCUT2D eigenvalue weighted by atomic mass is 9.77. The van der Waals surface area contributed by atoms with Crippen molar-refractivity contribution >= 4 is 63.2 Å². The van der Waals surface area contributed by atoms with Gasteiger partial charge in [0.25, 0.3) is 0 Å². The molecule has 16 heteroatoms. The molecule has 0 bridgehead atoms. The first-order chi connectivity index (χ1) is 41.7. The van der Waals surface area contributed by atoms with E-state index in [1.54, 1.807) is 23.1 Å². The number of hydrogen-bond donors (Lipinski definition) is 2. The number of rotatable bonds is 31. The minimum Gasteiger partial charge on any atom is -0.456 e. The number of ether oxygens (including phenoxy) is 4. The molecule has 1 fully saturated rings. The van der Waals surface area contributed by atoms with E-state index in [4.69, 9.17) is 18.9 Å². The number of carbonyl (C=O) groups is 6. The number of esters is 1. The Hall–Kier alpha value is -7.82. The van der Waals surface area contributed by atoms with Crippen LogP contribution in [0.1, 0.15) is 157 Å². The number of fused-ring (bicyclic) bond motifs is 7. The molecule has 1 saturated carbocycles. The summed E-state index contributed by atoms with van der Waals surface area (Å²) in [6, 6.07) is 34.7. The van der Waals surface area contributed by atoms with E-state index in [0.29, 0.717) is 104 Å². The van der Waals surface area contributed by atoms with Crippen molar-refractivity contribution in [1.29, 1.82) is 0 Å². The zero-order valence-electron chi connectivity index (χ0n) is 51.2. The zero-order chi connectivity index (χ0) is 60.7. The second kappa shape index (κ2) is 29.5. The Bertz CT molecular complexity index is 3320. The average molecular weight is 1170 g/mol. The van der Waals surface area contributed by atoms with Crippen molar-refractivity contribution in [1.82, 2.24) is 15.2 Å². The maximum atomic E-state index is 14.0. The molecule has 456 valence electrons. The quantitative estimate of drug-likeness (QED) is 0.0239. The van der Waals surface area contributed by atoms with Crippen molar-refractivity contribution in [3.8, 4) is 11.5 Å². The van der Waals surface area contributed by atoms with Gasteiger partial charge in [0.1, 0.15) is 18.0 Å². The molecular formula is C70H86N6O10. The van der Waals surface area contributed by atoms with Gasteiger partial charge in [0.05, 0.1) is 31.1 Å². The number of aryl methyl sites for hydroxylation is 1. The zero-order valence-corrected chi connectivity index (χ0v) is 51.2. The summed E-state index contributed by atoms with van der Waals surface area (Å²) >= 11 is 0. The Labute approximate surface area is 506 Å². The van der Waals surface area contributed by atoms with Crippen LogP contribution >= 0.6 is 0 Å². The van der Waals surface area contributed by atoms with Crippen molar-refractivity contribution in [2.75, 3.05) is 89.0 Å². The molecule has 0 saturated heterocycles. The van der Waals surface area contributed by atoms with E-state index in [2.05, 4.69) is 29.7 Å². The van der Waals surface area contributed by atoms with Crippen LogP contribution < -0.4 is 30.1 Å². The highest BCUT2D eigenvalue weighted by Crippen LogP contribution is 2.57. The molecule has 86 heavy (non-hydrogen) atoms. The predicted molar refractivity (Wildman–Crippen MR) is 337 cm³/mol. The van der Waals surface area contributed by atoms with Crippen molar-refractivity contribution < 1.29 is 47.7 Å². The summed E-state index contributed by atoms with van der Waals surface area (Å²) in [5, 5.41) is 7.09. The number of nitrogens with one attached hydrogen (secondary N) is 2. The average Bonchev–Trinajstić information content (AvgIpc) is 1.51. The molecule has 1 spiro atoms. The Morgan fingerprint density at radius 1 is 0.628 bits per heavy atom. The van der Waals surface area contributed by atoms with E-state index in [9.17, 15) is 28.8 Å². The Morgan fingerprint density at radius 2 is 1.29 bits per heavy atom. The summed E-state index contributed by atoms with van der Waals surface area (Å²) in [6.45, 7) is 7.31. The molecule has 0 radical (unpaired) electrons. The van der Waals surface area contributed by atoms with Crippen LogP contribution in [-0.4, -0.2) is 114 Å². The number of para-hydroxylation sites is 1. The Morgan fingerprint density at radius 3 is 1.97 bits per heavy atom. The molecule has 5 aromatic carbocycles. The van der Waals surface area contributed by atoms with Crippen LogP contribution in [0.5, 0.6) is 11.5 Å². The number of nitrogens with zero attached hydrogens (tertiary/aromatic N) is 4. The fourth-order valence-corrected chi connectivity index (χ4v) is 12.3. The maximum Gasteiger partial charge on any atom is 0.340 e. The lowest BCUT2D eigenvalue weighted by Gasteiger charge is -2.37.